The van der Waals surface area contributed by atoms with Crippen molar-refractivity contribution in [3.8, 4) is 0 Å². The first-order valence-electron chi connectivity index (χ1n) is 11.6. The Balaban J connectivity index is 2.80. The molecule has 0 amide bonds. The molecule has 0 heterocycles. The number of allylic oxidation sites excluding steroid dienone is 1. The molecule has 0 saturated carbocycles. The molecule has 0 radical (unpaired) electrons. The summed E-state index contributed by atoms with van der Waals surface area (Å²) in [6.07, 6.45) is 11.4. The van der Waals surface area contributed by atoms with Crippen molar-refractivity contribution in [2.45, 2.75) is 96.4 Å². The van der Waals surface area contributed by atoms with E-state index in [0.717, 1.165) is 69.5 Å². The average Bonchev–Trinajstić information content (AvgIpc) is 2.76. The smallest absolute Gasteiger partial charge is 0.139 e. The van der Waals surface area contributed by atoms with Gasteiger partial charge in [0, 0.05) is 5.57 Å². The Hall–Kier alpha value is -1.45. The van der Waals surface area contributed by atoms with Gasteiger partial charge >= 0.3 is 0 Å². The molecule has 29 heavy (non-hydrogen) atoms. The van der Waals surface area contributed by atoms with E-state index >= 15 is 0 Å². The highest BCUT2D eigenvalue weighted by Gasteiger charge is 2.41. The van der Waals surface area contributed by atoms with E-state index in [2.05, 4.69) is 39.5 Å². The van der Waals surface area contributed by atoms with Crippen molar-refractivity contribution in [3.63, 3.8) is 0 Å². The number of benzene rings is 1. The fraction of sp³-hybridized carbons (Fsp3) is 0.577. The van der Waals surface area contributed by atoms with Crippen molar-refractivity contribution in [1.29, 1.82) is 0 Å². The van der Waals surface area contributed by atoms with Gasteiger partial charge in [-0.05, 0) is 18.4 Å². The maximum atomic E-state index is 13.5. The van der Waals surface area contributed by atoms with E-state index in [1.54, 1.807) is 6.08 Å². The lowest BCUT2D eigenvalue weighted by molar-refractivity contribution is -0.110. The van der Waals surface area contributed by atoms with Crippen molar-refractivity contribution in [2.75, 3.05) is 0 Å². The van der Waals surface area contributed by atoms with Crippen LogP contribution in [0.4, 0.5) is 0 Å². The molecule has 1 aromatic carbocycles. The van der Waals surface area contributed by atoms with Crippen molar-refractivity contribution < 1.29 is 9.90 Å². The van der Waals surface area contributed by atoms with Crippen LogP contribution in [0, 0.1) is 0 Å². The van der Waals surface area contributed by atoms with Gasteiger partial charge in [0.1, 0.15) is 13.5 Å². The number of aliphatic hydroxyl groups excluding tert-OH is 1. The van der Waals surface area contributed by atoms with Crippen LogP contribution in [-0.4, -0.2) is 24.7 Å². The molecule has 0 spiro atoms. The van der Waals surface area contributed by atoms with Crippen molar-refractivity contribution in [1.82, 2.24) is 0 Å². The van der Waals surface area contributed by atoms with Gasteiger partial charge in [0.05, 0.1) is 6.10 Å². The monoisotopic (exact) mass is 414 g/mol. The summed E-state index contributed by atoms with van der Waals surface area (Å²) in [5.74, 6) is 0. The molecule has 1 N–H and O–H groups in total. The molecule has 162 valence electrons. The highest BCUT2D eigenvalue weighted by Crippen LogP contribution is 2.32. The number of unbranched alkanes of at least 4 members (excludes halogenated alkanes) is 3. The summed E-state index contributed by atoms with van der Waals surface area (Å²) in [4.78, 5) is 13.5. The Bertz CT molecular complexity index is 599. The third kappa shape index (κ3) is 8.84. The highest BCUT2D eigenvalue weighted by atomic mass is 28.3. The minimum Gasteiger partial charge on any atom is -0.384 e. The van der Waals surface area contributed by atoms with E-state index in [0.29, 0.717) is 5.57 Å². The Morgan fingerprint density at radius 1 is 1.00 bits per heavy atom. The second-order valence-corrected chi connectivity index (χ2v) is 12.9. The van der Waals surface area contributed by atoms with E-state index in [-0.39, 0.29) is 5.41 Å². The SMILES string of the molecule is C=C(C(=O)[Si](CCCC)(CCCC)CCCC)C(O)C=CCCc1ccccc1. The van der Waals surface area contributed by atoms with E-state index in [1.165, 1.54) is 5.56 Å². The average molecular weight is 415 g/mol. The first kappa shape index (κ1) is 25.6. The van der Waals surface area contributed by atoms with Crippen LogP contribution in [0.2, 0.25) is 18.1 Å². The topological polar surface area (TPSA) is 37.3 Å². The zero-order chi connectivity index (χ0) is 21.5. The minimum atomic E-state index is -2.12. The first-order chi connectivity index (χ1) is 14.0. The predicted octanol–water partition coefficient (Wildman–Crippen LogP) is 7.05. The van der Waals surface area contributed by atoms with Gasteiger partial charge < -0.3 is 9.90 Å². The summed E-state index contributed by atoms with van der Waals surface area (Å²) < 4.78 is 0. The lowest BCUT2D eigenvalue weighted by Gasteiger charge is -2.32. The van der Waals surface area contributed by atoms with Crippen LogP contribution in [0.5, 0.6) is 0 Å². The van der Waals surface area contributed by atoms with Gasteiger partial charge in [0.2, 0.25) is 0 Å². The summed E-state index contributed by atoms with van der Waals surface area (Å²) in [7, 11) is -2.12. The van der Waals surface area contributed by atoms with Gasteiger partial charge in [0.25, 0.3) is 0 Å². The second-order valence-electron chi connectivity index (χ2n) is 8.34. The summed E-state index contributed by atoms with van der Waals surface area (Å²) in [6, 6.07) is 13.5. The standard InChI is InChI=1S/C26H42O2Si/c1-5-8-20-29(21-9-6-2,22-10-7-3)26(28)23(4)25(27)19-15-14-18-24-16-12-11-13-17-24/h11-13,15-17,19,25,27H,4-10,14,18,20-22H2,1-3H3. The van der Waals surface area contributed by atoms with Crippen LogP contribution in [0.15, 0.2) is 54.6 Å². The van der Waals surface area contributed by atoms with E-state index in [4.69, 9.17) is 0 Å². The Labute approximate surface area is 180 Å². The van der Waals surface area contributed by atoms with Crippen LogP contribution in [0.25, 0.3) is 0 Å². The largest absolute Gasteiger partial charge is 0.384 e. The summed E-state index contributed by atoms with van der Waals surface area (Å²) >= 11 is 0. The zero-order valence-corrected chi connectivity index (χ0v) is 20.0. The van der Waals surface area contributed by atoms with E-state index in [1.807, 2.05) is 24.3 Å². The molecule has 1 unspecified atom stereocenters. The van der Waals surface area contributed by atoms with Gasteiger partial charge in [-0.1, -0.05) is 126 Å². The van der Waals surface area contributed by atoms with Crippen LogP contribution >= 0.6 is 0 Å². The molecule has 0 aliphatic rings. The lowest BCUT2D eigenvalue weighted by atomic mass is 10.1. The summed E-state index contributed by atoms with van der Waals surface area (Å²) in [5, 5.41) is 10.9. The molecule has 1 rings (SSSR count). The minimum absolute atomic E-state index is 0.230. The molecule has 1 aromatic rings. The fourth-order valence-corrected chi connectivity index (χ4v) is 9.32. The normalized spacial score (nSPS) is 13.0. The molecule has 0 fully saturated rings. The van der Waals surface area contributed by atoms with Gasteiger partial charge in [-0.2, -0.15) is 0 Å². The maximum Gasteiger partial charge on any atom is 0.139 e. The number of aryl methyl sites for hydroxylation is 1. The van der Waals surface area contributed by atoms with Crippen molar-refractivity contribution in [2.24, 2.45) is 0 Å². The summed E-state index contributed by atoms with van der Waals surface area (Å²) in [5.41, 5.74) is 1.71. The molecule has 3 heteroatoms. The Morgan fingerprint density at radius 2 is 1.52 bits per heavy atom. The van der Waals surface area contributed by atoms with Gasteiger partial charge in [-0.15, -0.1) is 0 Å². The highest BCUT2D eigenvalue weighted by molar-refractivity contribution is 7.08. The van der Waals surface area contributed by atoms with E-state index in [9.17, 15) is 9.90 Å². The molecule has 2 nitrogen and oxygen atoms in total. The number of hydrogen-bond donors (Lipinski definition) is 1. The summed E-state index contributed by atoms with van der Waals surface area (Å²) in [6.45, 7) is 10.7. The molecule has 0 bridgehead atoms. The molecule has 0 saturated heterocycles. The van der Waals surface area contributed by atoms with Gasteiger partial charge in [-0.3, -0.25) is 0 Å². The number of rotatable bonds is 16. The zero-order valence-electron chi connectivity index (χ0n) is 19.0. The maximum absolute atomic E-state index is 13.5. The number of hydrogen-bond acceptors (Lipinski definition) is 2. The number of carbonyl (C=O) groups is 1. The first-order valence-corrected chi connectivity index (χ1v) is 14.2. The molecular formula is C26H42O2Si. The number of aliphatic hydroxyl groups is 1. The molecular weight excluding hydrogens is 372 g/mol. The molecule has 1 atom stereocenters. The number of carbonyl (C=O) groups excluding carboxylic acids is 1. The van der Waals surface area contributed by atoms with Gasteiger partial charge in [0.15, 0.2) is 0 Å². The fourth-order valence-electron chi connectivity index (χ4n) is 3.97. The molecule has 0 aliphatic heterocycles. The van der Waals surface area contributed by atoms with Crippen LogP contribution in [-0.2, 0) is 11.2 Å². The Morgan fingerprint density at radius 3 is 2.00 bits per heavy atom. The predicted molar refractivity (Wildman–Crippen MR) is 129 cm³/mol. The van der Waals surface area contributed by atoms with Crippen molar-refractivity contribution >= 4 is 13.5 Å². The van der Waals surface area contributed by atoms with Crippen LogP contribution in [0.1, 0.15) is 71.3 Å². The Kier molecular flexibility index (Phi) is 12.8. The molecule has 0 aliphatic carbocycles. The lowest BCUT2D eigenvalue weighted by Crippen LogP contribution is -2.46. The van der Waals surface area contributed by atoms with E-state index < -0.39 is 14.2 Å². The van der Waals surface area contributed by atoms with Crippen LogP contribution < -0.4 is 0 Å². The third-order valence-corrected chi connectivity index (χ3v) is 11.1. The third-order valence-electron chi connectivity index (χ3n) is 5.92. The molecule has 0 aromatic heterocycles. The quantitative estimate of drug-likeness (QED) is 0.179. The van der Waals surface area contributed by atoms with Gasteiger partial charge in [-0.25, -0.2) is 0 Å². The van der Waals surface area contributed by atoms with Crippen LogP contribution in [0.3, 0.4) is 0 Å². The van der Waals surface area contributed by atoms with Crippen molar-refractivity contribution in [3.05, 3.63) is 60.2 Å². The second kappa shape index (κ2) is 14.5.